The lowest BCUT2D eigenvalue weighted by Gasteiger charge is -2.12. The first-order chi connectivity index (χ1) is 11.2. The molecule has 0 atom stereocenters. The van der Waals surface area contributed by atoms with E-state index in [4.69, 9.17) is 11.6 Å². The van der Waals surface area contributed by atoms with Gasteiger partial charge in [-0.15, -0.1) is 0 Å². The fourth-order valence-electron chi connectivity index (χ4n) is 1.96. The molecular formula is C16H16BrClN2O3S. The Balaban J connectivity index is 2.31. The van der Waals surface area contributed by atoms with Crippen LogP contribution >= 0.6 is 27.5 Å². The molecule has 0 saturated carbocycles. The maximum atomic E-state index is 12.4. The lowest BCUT2D eigenvalue weighted by Crippen LogP contribution is -2.30. The summed E-state index contributed by atoms with van der Waals surface area (Å²) >= 11 is 9.37. The molecule has 24 heavy (non-hydrogen) atoms. The molecule has 0 aliphatic heterocycles. The molecular weight excluding hydrogens is 416 g/mol. The maximum Gasteiger partial charge on any atom is 0.257 e. The van der Waals surface area contributed by atoms with Gasteiger partial charge in [0.25, 0.3) is 5.91 Å². The second kappa shape index (κ2) is 7.65. The summed E-state index contributed by atoms with van der Waals surface area (Å²) in [7, 11) is -3.71. The Bertz CT molecular complexity index is 852. The zero-order valence-electron chi connectivity index (χ0n) is 13.0. The third-order valence-corrected chi connectivity index (χ3v) is 5.50. The maximum absolute atomic E-state index is 12.4. The van der Waals surface area contributed by atoms with Crippen LogP contribution in [0.1, 0.15) is 24.2 Å². The summed E-state index contributed by atoms with van der Waals surface area (Å²) in [5.74, 6) is -0.482. The zero-order valence-corrected chi connectivity index (χ0v) is 16.2. The van der Waals surface area contributed by atoms with Gasteiger partial charge in [-0.2, -0.15) is 0 Å². The van der Waals surface area contributed by atoms with Crippen LogP contribution in [0.5, 0.6) is 0 Å². The lowest BCUT2D eigenvalue weighted by molar-refractivity contribution is 0.102. The number of nitrogens with one attached hydrogen (secondary N) is 2. The minimum Gasteiger partial charge on any atom is -0.322 e. The van der Waals surface area contributed by atoms with Crippen LogP contribution < -0.4 is 10.0 Å². The molecule has 8 heteroatoms. The highest BCUT2D eigenvalue weighted by atomic mass is 79.9. The Morgan fingerprint density at radius 1 is 1.12 bits per heavy atom. The van der Waals surface area contributed by atoms with E-state index in [0.717, 1.165) is 4.47 Å². The number of anilines is 1. The van der Waals surface area contributed by atoms with Crippen LogP contribution in [-0.4, -0.2) is 20.4 Å². The van der Waals surface area contributed by atoms with E-state index in [1.54, 1.807) is 38.1 Å². The first-order valence-electron chi connectivity index (χ1n) is 7.08. The molecule has 0 aliphatic carbocycles. The quantitative estimate of drug-likeness (QED) is 0.750. The molecule has 2 aromatic carbocycles. The van der Waals surface area contributed by atoms with E-state index >= 15 is 0 Å². The van der Waals surface area contributed by atoms with Crippen molar-refractivity contribution in [2.75, 3.05) is 5.32 Å². The first kappa shape index (κ1) is 18.9. The Morgan fingerprint density at radius 2 is 1.75 bits per heavy atom. The SMILES string of the molecule is CC(C)NS(=O)(=O)c1ccc(Cl)c(C(=O)Nc2ccc(Br)cc2)c1. The Labute approximate surface area is 154 Å². The van der Waals surface area contributed by atoms with Gasteiger partial charge in [0.1, 0.15) is 0 Å². The van der Waals surface area contributed by atoms with Crippen molar-refractivity contribution in [2.45, 2.75) is 24.8 Å². The predicted molar refractivity (Wildman–Crippen MR) is 99.0 cm³/mol. The second-order valence-electron chi connectivity index (χ2n) is 5.38. The summed E-state index contributed by atoms with van der Waals surface area (Å²) in [6.07, 6.45) is 0. The van der Waals surface area contributed by atoms with Gasteiger partial charge in [0, 0.05) is 16.2 Å². The molecule has 0 unspecified atom stereocenters. The molecule has 0 spiro atoms. The summed E-state index contributed by atoms with van der Waals surface area (Å²) in [5.41, 5.74) is 0.666. The van der Waals surface area contributed by atoms with Gasteiger partial charge in [-0.05, 0) is 56.3 Å². The highest BCUT2D eigenvalue weighted by molar-refractivity contribution is 9.10. The summed E-state index contributed by atoms with van der Waals surface area (Å²) in [5, 5.41) is 2.86. The number of amides is 1. The number of benzene rings is 2. The van der Waals surface area contributed by atoms with Gasteiger partial charge in [-0.1, -0.05) is 27.5 Å². The van der Waals surface area contributed by atoms with Gasteiger partial charge >= 0.3 is 0 Å². The zero-order chi connectivity index (χ0) is 17.9. The molecule has 0 bridgehead atoms. The molecule has 0 aromatic heterocycles. The highest BCUT2D eigenvalue weighted by Crippen LogP contribution is 2.22. The van der Waals surface area contributed by atoms with Crippen LogP contribution in [0.15, 0.2) is 51.8 Å². The number of carbonyl (C=O) groups is 1. The molecule has 2 rings (SSSR count). The van der Waals surface area contributed by atoms with Gasteiger partial charge in [0.05, 0.1) is 15.5 Å². The van der Waals surface area contributed by atoms with Crippen LogP contribution in [0, 0.1) is 0 Å². The Morgan fingerprint density at radius 3 is 2.33 bits per heavy atom. The van der Waals surface area contributed by atoms with E-state index in [1.807, 2.05) is 0 Å². The minimum atomic E-state index is -3.71. The Kier molecular flexibility index (Phi) is 6.03. The molecule has 0 saturated heterocycles. The van der Waals surface area contributed by atoms with Crippen LogP contribution in [-0.2, 0) is 10.0 Å². The van der Waals surface area contributed by atoms with Crippen molar-refractivity contribution in [1.29, 1.82) is 0 Å². The number of sulfonamides is 1. The van der Waals surface area contributed by atoms with E-state index in [1.165, 1.54) is 18.2 Å². The summed E-state index contributed by atoms with van der Waals surface area (Å²) < 4.78 is 27.8. The van der Waals surface area contributed by atoms with Gasteiger partial charge in [0.15, 0.2) is 0 Å². The van der Waals surface area contributed by atoms with Gasteiger partial charge in [-0.25, -0.2) is 13.1 Å². The molecule has 5 nitrogen and oxygen atoms in total. The summed E-state index contributed by atoms with van der Waals surface area (Å²) in [6.45, 7) is 3.43. The van der Waals surface area contributed by atoms with E-state index in [2.05, 4.69) is 26.0 Å². The average Bonchev–Trinajstić information content (AvgIpc) is 2.48. The Hall–Kier alpha value is -1.41. The van der Waals surface area contributed by atoms with E-state index in [0.29, 0.717) is 5.69 Å². The van der Waals surface area contributed by atoms with Crippen molar-refractivity contribution in [2.24, 2.45) is 0 Å². The van der Waals surface area contributed by atoms with Crippen LogP contribution in [0.2, 0.25) is 5.02 Å². The molecule has 0 radical (unpaired) electrons. The monoisotopic (exact) mass is 430 g/mol. The van der Waals surface area contributed by atoms with Crippen LogP contribution in [0.4, 0.5) is 5.69 Å². The van der Waals surface area contributed by atoms with Gasteiger partial charge < -0.3 is 5.32 Å². The molecule has 0 aliphatic rings. The van der Waals surface area contributed by atoms with E-state index < -0.39 is 15.9 Å². The predicted octanol–water partition coefficient (Wildman–Crippen LogP) is 4.04. The largest absolute Gasteiger partial charge is 0.322 e. The van der Waals surface area contributed by atoms with E-state index in [9.17, 15) is 13.2 Å². The van der Waals surface area contributed by atoms with Gasteiger partial charge in [0.2, 0.25) is 10.0 Å². The third kappa shape index (κ3) is 4.80. The minimum absolute atomic E-state index is 0.0124. The topological polar surface area (TPSA) is 75.3 Å². The first-order valence-corrected chi connectivity index (χ1v) is 9.73. The smallest absolute Gasteiger partial charge is 0.257 e. The van der Waals surface area contributed by atoms with Crippen molar-refractivity contribution >= 4 is 49.1 Å². The molecule has 0 fully saturated rings. The van der Waals surface area contributed by atoms with Crippen molar-refractivity contribution in [1.82, 2.24) is 4.72 Å². The normalized spacial score (nSPS) is 11.5. The summed E-state index contributed by atoms with van der Waals surface area (Å²) in [6, 6.07) is 10.8. The van der Waals surface area contributed by atoms with Crippen molar-refractivity contribution in [3.05, 3.63) is 57.5 Å². The summed E-state index contributed by atoms with van der Waals surface area (Å²) in [4.78, 5) is 12.4. The fourth-order valence-corrected chi connectivity index (χ4v) is 3.70. The van der Waals surface area contributed by atoms with E-state index in [-0.39, 0.29) is 21.5 Å². The highest BCUT2D eigenvalue weighted by Gasteiger charge is 2.19. The van der Waals surface area contributed by atoms with Crippen LogP contribution in [0.3, 0.4) is 0 Å². The number of hydrogen-bond acceptors (Lipinski definition) is 3. The number of halogens is 2. The number of carbonyl (C=O) groups excluding carboxylic acids is 1. The van der Waals surface area contributed by atoms with Crippen molar-refractivity contribution in [3.8, 4) is 0 Å². The number of rotatable bonds is 5. The molecule has 0 heterocycles. The third-order valence-electron chi connectivity index (χ3n) is 2.99. The van der Waals surface area contributed by atoms with Crippen molar-refractivity contribution < 1.29 is 13.2 Å². The fraction of sp³-hybridized carbons (Fsp3) is 0.188. The second-order valence-corrected chi connectivity index (χ2v) is 8.42. The number of hydrogen-bond donors (Lipinski definition) is 2. The molecule has 128 valence electrons. The average molecular weight is 432 g/mol. The molecule has 2 N–H and O–H groups in total. The standard InChI is InChI=1S/C16H16BrClN2O3S/c1-10(2)20-24(22,23)13-7-8-15(18)14(9-13)16(21)19-12-5-3-11(17)4-6-12/h3-10,20H,1-2H3,(H,19,21). The van der Waals surface area contributed by atoms with Crippen molar-refractivity contribution in [3.63, 3.8) is 0 Å². The molecule has 2 aromatic rings. The molecule has 1 amide bonds. The van der Waals surface area contributed by atoms with Gasteiger partial charge in [-0.3, -0.25) is 4.79 Å². The lowest BCUT2D eigenvalue weighted by atomic mass is 10.2. The van der Waals surface area contributed by atoms with Crippen LogP contribution in [0.25, 0.3) is 0 Å².